The Bertz CT molecular complexity index is 473. The molecule has 0 spiro atoms. The molecule has 0 aromatic carbocycles. The third-order valence-corrected chi connectivity index (χ3v) is 4.00. The first-order valence-electron chi connectivity index (χ1n) is 7.47. The van der Waals surface area contributed by atoms with Crippen molar-refractivity contribution in [3.8, 4) is 0 Å². The number of amides is 1. The summed E-state index contributed by atoms with van der Waals surface area (Å²) in [5.41, 5.74) is -0.792. The van der Waals surface area contributed by atoms with Crippen LogP contribution in [0.5, 0.6) is 0 Å². The van der Waals surface area contributed by atoms with Crippen LogP contribution in [0.25, 0.3) is 0 Å². The van der Waals surface area contributed by atoms with Crippen LogP contribution < -0.4 is 0 Å². The zero-order chi connectivity index (χ0) is 17.1. The predicted octanol–water partition coefficient (Wildman–Crippen LogP) is 2.81. The summed E-state index contributed by atoms with van der Waals surface area (Å²) in [5.74, 6) is -0.363. The highest BCUT2D eigenvalue weighted by molar-refractivity contribution is 5.88. The second-order valence-corrected chi connectivity index (χ2v) is 6.80. The summed E-state index contributed by atoms with van der Waals surface area (Å²) in [6, 6.07) is 0. The van der Waals surface area contributed by atoms with Crippen molar-refractivity contribution in [3.63, 3.8) is 0 Å². The number of hydrogen-bond acceptors (Lipinski definition) is 4. The maximum absolute atomic E-state index is 12.2. The summed E-state index contributed by atoms with van der Waals surface area (Å²) in [5, 5.41) is 0. The van der Waals surface area contributed by atoms with Crippen molar-refractivity contribution >= 4 is 11.9 Å². The van der Waals surface area contributed by atoms with Crippen LogP contribution in [0.1, 0.15) is 47.5 Å². The van der Waals surface area contributed by atoms with Crippen LogP contribution >= 0.6 is 0 Å². The monoisotopic (exact) mass is 309 g/mol. The van der Waals surface area contributed by atoms with Gasteiger partial charge in [0.2, 0.25) is 11.7 Å². The minimum Gasteiger partial charge on any atom is -0.483 e. The van der Waals surface area contributed by atoms with Gasteiger partial charge in [-0.25, -0.2) is 4.79 Å². The Morgan fingerprint density at radius 3 is 2.05 bits per heavy atom. The lowest BCUT2D eigenvalue weighted by molar-refractivity contribution is -0.155. The topological polar surface area (TPSA) is 55.8 Å². The predicted molar refractivity (Wildman–Crippen MR) is 85.1 cm³/mol. The third kappa shape index (κ3) is 3.70. The number of likely N-dealkylation sites (tertiary alicyclic amines) is 1. The maximum Gasteiger partial charge on any atom is 0.372 e. The average molecular weight is 309 g/mol. The van der Waals surface area contributed by atoms with Crippen molar-refractivity contribution in [1.29, 1.82) is 0 Å². The highest BCUT2D eigenvalue weighted by Gasteiger charge is 2.48. The number of methoxy groups -OCH3 is 1. The zero-order valence-corrected chi connectivity index (χ0v) is 14.4. The van der Waals surface area contributed by atoms with Gasteiger partial charge in [0, 0.05) is 23.9 Å². The Morgan fingerprint density at radius 2 is 1.68 bits per heavy atom. The van der Waals surface area contributed by atoms with Gasteiger partial charge in [-0.15, -0.1) is 0 Å². The quantitative estimate of drug-likeness (QED) is 0.455. The molecule has 22 heavy (non-hydrogen) atoms. The number of piperidine rings is 1. The molecule has 5 heteroatoms. The normalized spacial score (nSPS) is 21.2. The first-order chi connectivity index (χ1) is 10.1. The number of nitrogens with zero attached hydrogens (tertiary/aromatic N) is 1. The van der Waals surface area contributed by atoms with E-state index in [9.17, 15) is 9.59 Å². The first-order valence-corrected chi connectivity index (χ1v) is 7.47. The van der Waals surface area contributed by atoms with E-state index < -0.39 is 17.0 Å². The lowest BCUT2D eigenvalue weighted by atomic mass is 9.78. The largest absolute Gasteiger partial charge is 0.483 e. The molecule has 1 aliphatic heterocycles. The molecule has 0 aliphatic carbocycles. The van der Waals surface area contributed by atoms with E-state index in [1.807, 2.05) is 32.6 Å². The molecular formula is C17H27NO4. The van der Waals surface area contributed by atoms with Crippen LogP contribution in [0, 0.1) is 0 Å². The molecule has 1 heterocycles. The summed E-state index contributed by atoms with van der Waals surface area (Å²) >= 11 is 0. The molecule has 1 fully saturated rings. The van der Waals surface area contributed by atoms with Gasteiger partial charge in [0.25, 0.3) is 0 Å². The number of carbonyl (C=O) groups excluding carboxylic acids is 2. The second-order valence-electron chi connectivity index (χ2n) is 6.80. The van der Waals surface area contributed by atoms with E-state index in [2.05, 4.69) is 6.58 Å². The van der Waals surface area contributed by atoms with E-state index in [1.54, 1.807) is 13.0 Å². The van der Waals surface area contributed by atoms with Crippen LogP contribution in [0.3, 0.4) is 0 Å². The molecule has 0 aromatic rings. The Morgan fingerprint density at radius 1 is 1.18 bits per heavy atom. The van der Waals surface area contributed by atoms with E-state index in [1.165, 1.54) is 13.2 Å². The Hall–Kier alpha value is -1.78. The molecule has 0 unspecified atom stereocenters. The smallest absolute Gasteiger partial charge is 0.372 e. The molecule has 0 aromatic heterocycles. The number of allylic oxidation sites excluding steroid dienone is 1. The van der Waals surface area contributed by atoms with Gasteiger partial charge in [-0.3, -0.25) is 4.79 Å². The molecule has 0 atom stereocenters. The lowest BCUT2D eigenvalue weighted by Crippen LogP contribution is -2.63. The van der Waals surface area contributed by atoms with Gasteiger partial charge in [-0.2, -0.15) is 0 Å². The average Bonchev–Trinajstić information content (AvgIpc) is 2.40. The van der Waals surface area contributed by atoms with E-state index in [0.29, 0.717) is 12.8 Å². The maximum atomic E-state index is 12.2. The van der Waals surface area contributed by atoms with Gasteiger partial charge in [0.1, 0.15) is 6.10 Å². The SMILES string of the molecule is C=CC(=O)N1C(C)(C)CC(OC(=CC)C(=O)OC)CC1(C)C. The Balaban J connectivity index is 3.00. The number of esters is 1. The van der Waals surface area contributed by atoms with E-state index >= 15 is 0 Å². The van der Waals surface area contributed by atoms with E-state index in [0.717, 1.165) is 0 Å². The molecule has 0 radical (unpaired) electrons. The molecule has 0 saturated carbocycles. The number of rotatable bonds is 4. The molecular weight excluding hydrogens is 282 g/mol. The van der Waals surface area contributed by atoms with Crippen LogP contribution in [-0.4, -0.2) is 41.1 Å². The van der Waals surface area contributed by atoms with E-state index in [4.69, 9.17) is 9.47 Å². The molecule has 1 saturated heterocycles. The summed E-state index contributed by atoms with van der Waals surface area (Å²) in [6.07, 6.45) is 4.04. The molecule has 0 bridgehead atoms. The molecule has 1 aliphatic rings. The number of carbonyl (C=O) groups is 2. The summed E-state index contributed by atoms with van der Waals surface area (Å²) in [6.45, 7) is 13.3. The molecule has 1 amide bonds. The van der Waals surface area contributed by atoms with Crippen LogP contribution in [-0.2, 0) is 19.1 Å². The van der Waals surface area contributed by atoms with Gasteiger partial charge < -0.3 is 14.4 Å². The van der Waals surface area contributed by atoms with Crippen molar-refractivity contribution in [2.24, 2.45) is 0 Å². The second kappa shape index (κ2) is 6.55. The summed E-state index contributed by atoms with van der Waals surface area (Å²) < 4.78 is 10.6. The fourth-order valence-corrected chi connectivity index (χ4v) is 3.47. The van der Waals surface area contributed by atoms with E-state index in [-0.39, 0.29) is 17.8 Å². The van der Waals surface area contributed by atoms with Crippen molar-refractivity contribution in [2.75, 3.05) is 7.11 Å². The number of ether oxygens (including phenoxy) is 2. The van der Waals surface area contributed by atoms with Crippen molar-refractivity contribution in [3.05, 3.63) is 24.5 Å². The first kappa shape index (κ1) is 18.3. The number of hydrogen-bond donors (Lipinski definition) is 0. The van der Waals surface area contributed by atoms with Gasteiger partial charge in [-0.05, 0) is 46.8 Å². The van der Waals surface area contributed by atoms with Crippen LogP contribution in [0.15, 0.2) is 24.5 Å². The summed E-state index contributed by atoms with van der Waals surface area (Å²) in [7, 11) is 1.33. The molecule has 1 rings (SSSR count). The standard InChI is InChI=1S/C17H27NO4/c1-8-13(15(20)21-7)22-12-10-16(3,4)18(14(19)9-2)17(5,6)11-12/h8-9,12H,2,10-11H2,1,3-7H3. The zero-order valence-electron chi connectivity index (χ0n) is 14.4. The highest BCUT2D eigenvalue weighted by atomic mass is 16.6. The summed E-state index contributed by atoms with van der Waals surface area (Å²) in [4.78, 5) is 25.7. The molecule has 0 N–H and O–H groups in total. The minimum atomic E-state index is -0.484. The minimum absolute atomic E-state index is 0.0901. The fraction of sp³-hybridized carbons (Fsp3) is 0.647. The molecule has 124 valence electrons. The Kier molecular flexibility index (Phi) is 5.44. The van der Waals surface area contributed by atoms with Gasteiger partial charge in [0.15, 0.2) is 0 Å². The highest BCUT2D eigenvalue weighted by Crippen LogP contribution is 2.40. The van der Waals surface area contributed by atoms with Crippen LogP contribution in [0.4, 0.5) is 0 Å². The van der Waals surface area contributed by atoms with Crippen molar-refractivity contribution in [1.82, 2.24) is 4.90 Å². The van der Waals surface area contributed by atoms with Crippen molar-refractivity contribution in [2.45, 2.75) is 64.6 Å². The lowest BCUT2D eigenvalue weighted by Gasteiger charge is -2.54. The Labute approximate surface area is 133 Å². The van der Waals surface area contributed by atoms with Crippen molar-refractivity contribution < 1.29 is 19.1 Å². The third-order valence-electron chi connectivity index (χ3n) is 4.00. The fourth-order valence-electron chi connectivity index (χ4n) is 3.47. The van der Waals surface area contributed by atoms with Crippen LogP contribution in [0.2, 0.25) is 0 Å². The van der Waals surface area contributed by atoms with Gasteiger partial charge >= 0.3 is 5.97 Å². The van der Waals surface area contributed by atoms with Gasteiger partial charge in [-0.1, -0.05) is 6.58 Å². The van der Waals surface area contributed by atoms with Gasteiger partial charge in [0.05, 0.1) is 7.11 Å². The molecule has 5 nitrogen and oxygen atoms in total.